The van der Waals surface area contributed by atoms with Crippen LogP contribution in [0.1, 0.15) is 106 Å². The van der Waals surface area contributed by atoms with Crippen molar-refractivity contribution >= 4 is 0 Å². The number of aliphatic hydroxyl groups is 8. The molecule has 0 amide bonds. The molecule has 3 aliphatic heterocycles. The summed E-state index contributed by atoms with van der Waals surface area (Å²) >= 11 is 0. The maximum absolute atomic E-state index is 12.0. The third-order valence-corrected chi connectivity index (χ3v) is 17.7. The summed E-state index contributed by atoms with van der Waals surface area (Å²) in [5.74, 6) is 0.952. The minimum absolute atomic E-state index is 0.0113. The van der Waals surface area contributed by atoms with E-state index >= 15 is 0 Å². The highest BCUT2D eigenvalue weighted by Crippen LogP contribution is 2.89. The van der Waals surface area contributed by atoms with E-state index in [0.717, 1.165) is 57.8 Å². The number of ether oxygens (including phenoxy) is 5. The number of fused-ring (bicyclic) bond motifs is 2. The standard InChI is InChI=1S/C41H68O13/c1-20(23-9-11-36(2,3)54-23)28-21(43)15-39(6)26-8-7-25-37(4,19-51-35-33(49)31(47)30(46)24(16-42)52-35)27(53-34-32(48)29(45)22(44)17-50-34)10-12-40(25)18-41(26,40)14-13-38(28,39)5/h20-35,42-49H,7-19H2,1-6H3/t20-,21+,22+,23?,24-,25?,26+,27+,28+,29+,30-,31+,32-,33-,34+,35-,37+,38-,39+,40-,41+/m1/s1. The fourth-order valence-electron chi connectivity index (χ4n) is 14.8. The molecule has 13 heteroatoms. The van der Waals surface area contributed by atoms with Gasteiger partial charge < -0.3 is 64.5 Å². The van der Waals surface area contributed by atoms with Crippen LogP contribution in [0.4, 0.5) is 0 Å². The van der Waals surface area contributed by atoms with E-state index in [-0.39, 0.29) is 70.4 Å². The Labute approximate surface area is 319 Å². The average Bonchev–Trinajstić information content (AvgIpc) is 3.56. The third kappa shape index (κ3) is 5.64. The van der Waals surface area contributed by atoms with Crippen molar-refractivity contribution < 1.29 is 64.5 Å². The lowest BCUT2D eigenvalue weighted by atomic mass is 9.41. The molecule has 3 heterocycles. The molecule has 0 aromatic heterocycles. The molecule has 5 aliphatic carbocycles. The molecule has 8 aliphatic rings. The van der Waals surface area contributed by atoms with Crippen LogP contribution in [-0.4, -0.2) is 140 Å². The molecule has 8 N–H and O–H groups in total. The molecule has 0 aromatic rings. The van der Waals surface area contributed by atoms with Gasteiger partial charge in [-0.25, -0.2) is 0 Å². The van der Waals surface area contributed by atoms with Crippen molar-refractivity contribution in [1.82, 2.24) is 0 Å². The Bertz CT molecular complexity index is 1400. The minimum atomic E-state index is -1.57. The van der Waals surface area contributed by atoms with E-state index in [4.69, 9.17) is 23.7 Å². The largest absolute Gasteiger partial charge is 0.394 e. The molecule has 8 fully saturated rings. The van der Waals surface area contributed by atoms with Gasteiger partial charge in [-0.2, -0.15) is 0 Å². The Balaban J connectivity index is 1.07. The molecule has 0 aromatic carbocycles. The summed E-state index contributed by atoms with van der Waals surface area (Å²) in [5.41, 5.74) is -0.848. The predicted molar refractivity (Wildman–Crippen MR) is 192 cm³/mol. The van der Waals surface area contributed by atoms with Gasteiger partial charge in [-0.05, 0) is 123 Å². The summed E-state index contributed by atoms with van der Waals surface area (Å²) in [6.45, 7) is 13.0. The Kier molecular flexibility index (Phi) is 10.1. The van der Waals surface area contributed by atoms with E-state index in [0.29, 0.717) is 12.3 Å². The average molecular weight is 769 g/mol. The first-order chi connectivity index (χ1) is 25.3. The first kappa shape index (κ1) is 40.3. The van der Waals surface area contributed by atoms with Crippen molar-refractivity contribution in [2.45, 2.75) is 185 Å². The van der Waals surface area contributed by atoms with Gasteiger partial charge in [0.25, 0.3) is 0 Å². The van der Waals surface area contributed by atoms with Gasteiger partial charge in [-0.1, -0.05) is 27.7 Å². The number of aliphatic hydroxyl groups excluding tert-OH is 8. The highest BCUT2D eigenvalue weighted by molar-refractivity contribution is 5.31. The van der Waals surface area contributed by atoms with E-state index in [1.54, 1.807) is 0 Å². The van der Waals surface area contributed by atoms with Crippen molar-refractivity contribution in [3.8, 4) is 0 Å². The smallest absolute Gasteiger partial charge is 0.186 e. The monoisotopic (exact) mass is 768 g/mol. The van der Waals surface area contributed by atoms with Crippen LogP contribution in [0.2, 0.25) is 0 Å². The van der Waals surface area contributed by atoms with E-state index in [2.05, 4.69) is 41.5 Å². The zero-order valence-electron chi connectivity index (χ0n) is 33.0. The number of rotatable bonds is 8. The van der Waals surface area contributed by atoms with Crippen molar-refractivity contribution in [2.24, 2.45) is 50.7 Å². The summed E-state index contributed by atoms with van der Waals surface area (Å²) in [7, 11) is 0. The van der Waals surface area contributed by atoms with Crippen LogP contribution >= 0.6 is 0 Å². The molecule has 0 radical (unpaired) electrons. The van der Waals surface area contributed by atoms with Crippen molar-refractivity contribution in [2.75, 3.05) is 19.8 Å². The molecule has 2 unspecified atom stereocenters. The van der Waals surface area contributed by atoms with Crippen molar-refractivity contribution in [1.29, 1.82) is 0 Å². The summed E-state index contributed by atoms with van der Waals surface area (Å²) in [5, 5.41) is 85.2. The van der Waals surface area contributed by atoms with Crippen molar-refractivity contribution in [3.05, 3.63) is 0 Å². The normalized spacial score (nSPS) is 58.4. The maximum Gasteiger partial charge on any atom is 0.186 e. The highest BCUT2D eigenvalue weighted by Gasteiger charge is 2.83. The molecule has 21 atom stereocenters. The van der Waals surface area contributed by atoms with Crippen LogP contribution in [-0.2, 0) is 23.7 Å². The Morgan fingerprint density at radius 2 is 1.39 bits per heavy atom. The van der Waals surface area contributed by atoms with Gasteiger partial charge >= 0.3 is 0 Å². The van der Waals surface area contributed by atoms with Crippen LogP contribution in [0, 0.1) is 50.7 Å². The van der Waals surface area contributed by atoms with E-state index in [1.165, 1.54) is 0 Å². The topological polar surface area (TPSA) is 208 Å². The molecule has 0 bridgehead atoms. The van der Waals surface area contributed by atoms with Crippen LogP contribution < -0.4 is 0 Å². The number of hydrogen-bond acceptors (Lipinski definition) is 13. The van der Waals surface area contributed by atoms with Gasteiger partial charge in [0.15, 0.2) is 12.6 Å². The van der Waals surface area contributed by atoms with E-state index < -0.39 is 73.4 Å². The second kappa shape index (κ2) is 13.5. The lowest BCUT2D eigenvalue weighted by Crippen LogP contribution is -2.62. The second-order valence-electron chi connectivity index (χ2n) is 20.5. The summed E-state index contributed by atoms with van der Waals surface area (Å²) in [6.07, 6.45) is -3.60. The van der Waals surface area contributed by atoms with Gasteiger partial charge in [0, 0.05) is 5.41 Å². The Morgan fingerprint density at radius 1 is 0.704 bits per heavy atom. The van der Waals surface area contributed by atoms with E-state index in [1.807, 2.05) is 0 Å². The highest BCUT2D eigenvalue weighted by atomic mass is 16.7. The van der Waals surface area contributed by atoms with Crippen molar-refractivity contribution in [3.63, 3.8) is 0 Å². The molecule has 310 valence electrons. The quantitative estimate of drug-likeness (QED) is 0.166. The summed E-state index contributed by atoms with van der Waals surface area (Å²) < 4.78 is 31.1. The molecular formula is C41H68O13. The van der Waals surface area contributed by atoms with E-state index in [9.17, 15) is 40.9 Å². The maximum atomic E-state index is 12.0. The lowest BCUT2D eigenvalue weighted by molar-refractivity contribution is -0.328. The second-order valence-corrected chi connectivity index (χ2v) is 20.5. The van der Waals surface area contributed by atoms with Crippen LogP contribution in [0.25, 0.3) is 0 Å². The van der Waals surface area contributed by atoms with Gasteiger partial charge in [-0.3, -0.25) is 0 Å². The van der Waals surface area contributed by atoms with Gasteiger partial charge in [-0.15, -0.1) is 0 Å². The molecule has 13 nitrogen and oxygen atoms in total. The zero-order chi connectivity index (χ0) is 39.0. The Hall–Kier alpha value is -0.520. The van der Waals surface area contributed by atoms with Crippen LogP contribution in [0.15, 0.2) is 0 Å². The molecular weight excluding hydrogens is 700 g/mol. The summed E-state index contributed by atoms with van der Waals surface area (Å²) in [4.78, 5) is 0. The van der Waals surface area contributed by atoms with Gasteiger partial charge in [0.05, 0.1) is 43.7 Å². The number of hydrogen-bond donors (Lipinski definition) is 8. The molecule has 2 spiro atoms. The molecule has 8 rings (SSSR count). The molecule has 3 saturated heterocycles. The first-order valence-electron chi connectivity index (χ1n) is 20.9. The third-order valence-electron chi connectivity index (χ3n) is 17.7. The molecule has 54 heavy (non-hydrogen) atoms. The Morgan fingerprint density at radius 3 is 2.07 bits per heavy atom. The molecule has 5 saturated carbocycles. The first-order valence-corrected chi connectivity index (χ1v) is 20.9. The zero-order valence-corrected chi connectivity index (χ0v) is 33.0. The predicted octanol–water partition coefficient (Wildman–Crippen LogP) is 1.61. The van der Waals surface area contributed by atoms with Crippen LogP contribution in [0.3, 0.4) is 0 Å². The van der Waals surface area contributed by atoms with Crippen LogP contribution in [0.5, 0.6) is 0 Å². The van der Waals surface area contributed by atoms with Gasteiger partial charge in [0.2, 0.25) is 0 Å². The fourth-order valence-corrected chi connectivity index (χ4v) is 14.8. The summed E-state index contributed by atoms with van der Waals surface area (Å²) in [6, 6.07) is 0. The SMILES string of the molecule is C[C@H](C1CCC(C)(C)O1)[C@H]1[C@@H](O)C[C@@]2(C)[C@@H]3CCC4[C@@]5(CC[C@H](O[C@@H]6OC[C@H](O)[C@H](O)[C@H]6O)[C@@]4(C)CO[C@@H]4O[C@H](CO)[C@@H](O)[C@H](O)[C@H]4O)C[C@@]35CC[C@]12C. The fraction of sp³-hybridized carbons (Fsp3) is 1.00. The van der Waals surface area contributed by atoms with Gasteiger partial charge in [0.1, 0.15) is 42.7 Å². The minimum Gasteiger partial charge on any atom is -0.394 e. The lowest BCUT2D eigenvalue weighted by Gasteiger charge is -2.64.